The molecule has 0 spiro atoms. The number of halogens is 1. The number of nitrogens with zero attached hydrogens (tertiary/aromatic N) is 1. The number of aromatic nitrogens is 1. The van der Waals surface area contributed by atoms with E-state index >= 15 is 0 Å². The average Bonchev–Trinajstić information content (AvgIpc) is 2.86. The maximum atomic E-state index is 12.2. The Labute approximate surface area is 132 Å². The number of amides is 1. The van der Waals surface area contributed by atoms with Crippen LogP contribution in [0.5, 0.6) is 0 Å². The molecule has 5 nitrogen and oxygen atoms in total. The molecule has 3 N–H and O–H groups in total. The van der Waals surface area contributed by atoms with Gasteiger partial charge in [0.1, 0.15) is 5.76 Å². The molecule has 1 aromatic rings. The monoisotopic (exact) mass is 315 g/mol. The number of nitrogens with one attached hydrogen (secondary N) is 1. The van der Waals surface area contributed by atoms with E-state index in [1.165, 1.54) is 0 Å². The van der Waals surface area contributed by atoms with Crippen molar-refractivity contribution >= 4 is 18.3 Å². The van der Waals surface area contributed by atoms with E-state index in [1.54, 1.807) is 0 Å². The van der Waals surface area contributed by atoms with Crippen molar-refractivity contribution in [2.45, 2.75) is 65.0 Å². The number of nitrogens with two attached hydrogens (primary N) is 1. The molecule has 6 heteroatoms. The second-order valence-electron chi connectivity index (χ2n) is 5.58. The number of hydrogen-bond donors (Lipinski definition) is 2. The van der Waals surface area contributed by atoms with Crippen molar-refractivity contribution in [2.75, 3.05) is 0 Å². The fourth-order valence-electron chi connectivity index (χ4n) is 2.92. The van der Waals surface area contributed by atoms with E-state index < -0.39 is 0 Å². The maximum Gasteiger partial charge on any atom is 0.223 e. The third-order valence-corrected chi connectivity index (χ3v) is 4.13. The molecule has 1 aromatic heterocycles. The minimum atomic E-state index is 0. The molecule has 0 aliphatic heterocycles. The third-order valence-electron chi connectivity index (χ3n) is 4.13. The zero-order valence-corrected chi connectivity index (χ0v) is 13.7. The van der Waals surface area contributed by atoms with Crippen molar-refractivity contribution in [3.05, 3.63) is 17.0 Å². The fraction of sp³-hybridized carbons (Fsp3) is 0.733. The van der Waals surface area contributed by atoms with Crippen LogP contribution in [0.1, 0.15) is 56.5 Å². The van der Waals surface area contributed by atoms with Crippen molar-refractivity contribution in [3.63, 3.8) is 0 Å². The van der Waals surface area contributed by atoms with Gasteiger partial charge in [0.2, 0.25) is 5.91 Å². The third kappa shape index (κ3) is 4.45. The van der Waals surface area contributed by atoms with Gasteiger partial charge in [-0.05, 0) is 25.7 Å². The Morgan fingerprint density at radius 1 is 1.38 bits per heavy atom. The van der Waals surface area contributed by atoms with Gasteiger partial charge in [0.15, 0.2) is 0 Å². The molecule has 21 heavy (non-hydrogen) atoms. The molecule has 1 saturated carbocycles. The van der Waals surface area contributed by atoms with E-state index in [-0.39, 0.29) is 30.3 Å². The van der Waals surface area contributed by atoms with Crippen LogP contribution in [0.4, 0.5) is 0 Å². The fourth-order valence-corrected chi connectivity index (χ4v) is 2.92. The van der Waals surface area contributed by atoms with Gasteiger partial charge in [-0.3, -0.25) is 4.79 Å². The minimum Gasteiger partial charge on any atom is -0.361 e. The molecule has 2 rings (SSSR count). The lowest BCUT2D eigenvalue weighted by Crippen LogP contribution is -2.37. The summed E-state index contributed by atoms with van der Waals surface area (Å²) in [6, 6.07) is 0.174. The quantitative estimate of drug-likeness (QED) is 0.874. The zero-order chi connectivity index (χ0) is 14.5. The Hall–Kier alpha value is -1.07. The summed E-state index contributed by atoms with van der Waals surface area (Å²) in [4.78, 5) is 12.2. The van der Waals surface area contributed by atoms with Gasteiger partial charge in [-0.2, -0.15) is 0 Å². The molecule has 0 saturated heterocycles. The van der Waals surface area contributed by atoms with Crippen molar-refractivity contribution in [1.29, 1.82) is 0 Å². The molecular formula is C15H26ClN3O2. The Balaban J connectivity index is 0.00000220. The van der Waals surface area contributed by atoms with Crippen LogP contribution in [0.15, 0.2) is 4.52 Å². The summed E-state index contributed by atoms with van der Waals surface area (Å²) < 4.78 is 5.31. The Morgan fingerprint density at radius 3 is 2.76 bits per heavy atom. The molecular weight excluding hydrogens is 290 g/mol. The molecule has 120 valence electrons. The van der Waals surface area contributed by atoms with Crippen LogP contribution in [0.2, 0.25) is 0 Å². The molecule has 1 heterocycles. The number of carbonyl (C=O) groups is 1. The summed E-state index contributed by atoms with van der Waals surface area (Å²) in [6.07, 6.45) is 5.46. The number of aryl methyl sites for hydroxylation is 2. The highest BCUT2D eigenvalue weighted by Crippen LogP contribution is 2.23. The van der Waals surface area contributed by atoms with Gasteiger partial charge in [-0.1, -0.05) is 25.4 Å². The van der Waals surface area contributed by atoms with Crippen LogP contribution < -0.4 is 11.1 Å². The summed E-state index contributed by atoms with van der Waals surface area (Å²) >= 11 is 0. The minimum absolute atomic E-state index is 0. The van der Waals surface area contributed by atoms with Crippen molar-refractivity contribution in [3.8, 4) is 0 Å². The first-order valence-corrected chi connectivity index (χ1v) is 7.65. The lowest BCUT2D eigenvalue weighted by Gasteiger charge is -2.25. The largest absolute Gasteiger partial charge is 0.361 e. The lowest BCUT2D eigenvalue weighted by molar-refractivity contribution is -0.126. The molecule has 2 unspecified atom stereocenters. The maximum absolute atomic E-state index is 12.2. The molecule has 1 amide bonds. The highest BCUT2D eigenvalue weighted by molar-refractivity contribution is 5.85. The van der Waals surface area contributed by atoms with Crippen LogP contribution >= 0.6 is 12.4 Å². The summed E-state index contributed by atoms with van der Waals surface area (Å²) in [6.45, 7) is 4.59. The Kier molecular flexibility index (Phi) is 7.18. The predicted octanol–water partition coefficient (Wildman–Crippen LogP) is 2.35. The standard InChI is InChI=1S/C15H25N3O2.ClH/c1-3-13-12(14(4-2)20-18-13)9-17-15(19)10-6-5-7-11(16)8-10;/h10-11H,3-9,16H2,1-2H3,(H,17,19);1H. The smallest absolute Gasteiger partial charge is 0.223 e. The Morgan fingerprint density at radius 2 is 2.14 bits per heavy atom. The van der Waals surface area contributed by atoms with E-state index in [2.05, 4.69) is 10.5 Å². The van der Waals surface area contributed by atoms with Crippen molar-refractivity contribution in [2.24, 2.45) is 11.7 Å². The Bertz CT molecular complexity index is 440. The van der Waals surface area contributed by atoms with E-state index in [1.807, 2.05) is 13.8 Å². The average molecular weight is 316 g/mol. The van der Waals surface area contributed by atoms with Gasteiger partial charge in [0.05, 0.1) is 5.69 Å². The summed E-state index contributed by atoms with van der Waals surface area (Å²) in [5.41, 5.74) is 7.93. The number of hydrogen-bond acceptors (Lipinski definition) is 4. The highest BCUT2D eigenvalue weighted by Gasteiger charge is 2.25. The molecule has 1 aliphatic carbocycles. The van der Waals surface area contributed by atoms with Crippen LogP contribution in [-0.4, -0.2) is 17.1 Å². The summed E-state index contributed by atoms with van der Waals surface area (Å²) in [5.74, 6) is 1.06. The molecule has 0 bridgehead atoms. The van der Waals surface area contributed by atoms with E-state index in [0.717, 1.165) is 55.5 Å². The molecule has 0 radical (unpaired) electrons. The zero-order valence-electron chi connectivity index (χ0n) is 12.9. The van der Waals surface area contributed by atoms with E-state index in [9.17, 15) is 4.79 Å². The van der Waals surface area contributed by atoms with Crippen molar-refractivity contribution < 1.29 is 9.32 Å². The van der Waals surface area contributed by atoms with Crippen molar-refractivity contribution in [1.82, 2.24) is 10.5 Å². The van der Waals surface area contributed by atoms with E-state index in [4.69, 9.17) is 10.3 Å². The highest BCUT2D eigenvalue weighted by atomic mass is 35.5. The van der Waals surface area contributed by atoms with Gasteiger partial charge in [0.25, 0.3) is 0 Å². The van der Waals surface area contributed by atoms with E-state index in [0.29, 0.717) is 6.54 Å². The molecule has 2 atom stereocenters. The topological polar surface area (TPSA) is 81.2 Å². The van der Waals surface area contributed by atoms with Crippen LogP contribution in [0.25, 0.3) is 0 Å². The van der Waals surface area contributed by atoms with Crippen LogP contribution in [0, 0.1) is 5.92 Å². The summed E-state index contributed by atoms with van der Waals surface area (Å²) in [7, 11) is 0. The number of rotatable bonds is 5. The second-order valence-corrected chi connectivity index (χ2v) is 5.58. The van der Waals surface area contributed by atoms with Gasteiger partial charge >= 0.3 is 0 Å². The first kappa shape index (κ1) is 18.0. The lowest BCUT2D eigenvalue weighted by atomic mass is 9.85. The predicted molar refractivity (Wildman–Crippen MR) is 84.3 cm³/mol. The molecule has 0 aromatic carbocycles. The molecule has 1 fully saturated rings. The van der Waals surface area contributed by atoms with Gasteiger partial charge < -0.3 is 15.6 Å². The van der Waals surface area contributed by atoms with Crippen LogP contribution in [0.3, 0.4) is 0 Å². The van der Waals surface area contributed by atoms with Gasteiger partial charge in [0, 0.05) is 30.5 Å². The van der Waals surface area contributed by atoms with Gasteiger partial charge in [-0.15, -0.1) is 12.4 Å². The summed E-state index contributed by atoms with van der Waals surface area (Å²) in [5, 5.41) is 7.09. The van der Waals surface area contributed by atoms with Gasteiger partial charge in [-0.25, -0.2) is 0 Å². The first-order chi connectivity index (χ1) is 9.65. The SMILES string of the molecule is CCc1noc(CC)c1CNC(=O)C1CCCC(N)C1.Cl. The normalized spacial score (nSPS) is 21.7. The first-order valence-electron chi connectivity index (χ1n) is 7.65. The molecule has 1 aliphatic rings. The number of carbonyl (C=O) groups excluding carboxylic acids is 1. The van der Waals surface area contributed by atoms with Crippen LogP contribution in [-0.2, 0) is 24.2 Å². The second kappa shape index (κ2) is 8.39.